The molecule has 6 heterocycles. The van der Waals surface area contributed by atoms with Gasteiger partial charge in [-0.1, -0.05) is 17.9 Å². The number of piperidine rings is 2. The number of amides is 3. The summed E-state index contributed by atoms with van der Waals surface area (Å²) in [5, 5.41) is 20.7. The summed E-state index contributed by atoms with van der Waals surface area (Å²) in [7, 11) is 3.27. The van der Waals surface area contributed by atoms with Gasteiger partial charge in [0.2, 0.25) is 5.91 Å². The molecular weight excluding hydrogens is 727 g/mol. The molecule has 2 aromatic carbocycles. The van der Waals surface area contributed by atoms with Gasteiger partial charge in [-0.05, 0) is 74.6 Å². The van der Waals surface area contributed by atoms with Gasteiger partial charge in [0, 0.05) is 104 Å². The van der Waals surface area contributed by atoms with E-state index in [1.165, 1.54) is 4.90 Å². The van der Waals surface area contributed by atoms with Crippen molar-refractivity contribution in [3.63, 3.8) is 0 Å². The normalized spacial score (nSPS) is 21.4. The van der Waals surface area contributed by atoms with Gasteiger partial charge in [-0.3, -0.25) is 24.7 Å². The topological polar surface area (TPSA) is 177 Å². The molecule has 57 heavy (non-hydrogen) atoms. The van der Waals surface area contributed by atoms with E-state index in [1.54, 1.807) is 37.2 Å². The predicted molar refractivity (Wildman–Crippen MR) is 218 cm³/mol. The van der Waals surface area contributed by atoms with Crippen LogP contribution in [-0.2, 0) is 16.6 Å². The maximum atomic E-state index is 12.9. The molecule has 0 saturated carbocycles. The van der Waals surface area contributed by atoms with E-state index in [0.29, 0.717) is 48.3 Å². The minimum absolute atomic E-state index is 0.0679. The Bertz CT molecular complexity index is 2390. The number of anilines is 2. The van der Waals surface area contributed by atoms with E-state index in [9.17, 15) is 24.3 Å². The average molecular weight is 774 g/mol. The quantitative estimate of drug-likeness (QED) is 0.167. The number of hydrogen-bond donors (Lipinski definition) is 5. The van der Waals surface area contributed by atoms with Crippen molar-refractivity contribution in [3.05, 3.63) is 76.3 Å². The predicted octanol–water partition coefficient (Wildman–Crippen LogP) is 3.53. The minimum Gasteiger partial charge on any atom is -0.495 e. The first-order valence-corrected chi connectivity index (χ1v) is 19.4. The van der Waals surface area contributed by atoms with Crippen LogP contribution in [0.4, 0.5) is 16.2 Å². The number of aromatic amines is 1. The van der Waals surface area contributed by atoms with Gasteiger partial charge in [-0.25, -0.2) is 14.6 Å². The lowest BCUT2D eigenvalue weighted by atomic mass is 9.87. The number of H-pyrrole nitrogens is 1. The van der Waals surface area contributed by atoms with E-state index in [0.717, 1.165) is 66.4 Å². The number of carbonyl (C=O) groups is 3. The summed E-state index contributed by atoms with van der Waals surface area (Å²) in [5.74, 6) is 4.05. The van der Waals surface area contributed by atoms with Crippen LogP contribution in [0.3, 0.4) is 0 Å². The number of methoxy groups -OCH3 is 1. The number of ether oxygens (including phenoxy) is 1. The maximum Gasteiger partial charge on any atom is 0.369 e. The first-order chi connectivity index (χ1) is 27.5. The molecule has 0 bridgehead atoms. The van der Waals surface area contributed by atoms with Gasteiger partial charge in [-0.15, -0.1) is 0 Å². The number of fused-ring (bicyclic) bond motifs is 2. The van der Waals surface area contributed by atoms with Gasteiger partial charge in [0.15, 0.2) is 0 Å². The zero-order valence-electron chi connectivity index (χ0n) is 32.4. The molecule has 0 spiro atoms. The van der Waals surface area contributed by atoms with Crippen LogP contribution in [0, 0.1) is 11.8 Å². The summed E-state index contributed by atoms with van der Waals surface area (Å²) in [5.41, 5.74) is 4.98. The Balaban J connectivity index is 0.854. The van der Waals surface area contributed by atoms with Crippen molar-refractivity contribution in [2.75, 3.05) is 56.6 Å². The highest BCUT2D eigenvalue weighted by molar-refractivity contribution is 6.06. The molecular formula is C42H47N9O6. The van der Waals surface area contributed by atoms with E-state index >= 15 is 0 Å². The molecule has 1 unspecified atom stereocenters. The zero-order chi connectivity index (χ0) is 39.9. The molecule has 4 aromatic rings. The fourth-order valence-corrected chi connectivity index (χ4v) is 8.53. The van der Waals surface area contributed by atoms with Crippen molar-refractivity contribution in [2.24, 2.45) is 12.0 Å². The van der Waals surface area contributed by atoms with Crippen molar-refractivity contribution in [1.82, 2.24) is 30.0 Å². The van der Waals surface area contributed by atoms with E-state index in [1.807, 2.05) is 47.5 Å². The first kappa shape index (κ1) is 37.9. The van der Waals surface area contributed by atoms with Gasteiger partial charge in [0.25, 0.3) is 11.3 Å². The lowest BCUT2D eigenvalue weighted by molar-refractivity contribution is -0.150. The molecule has 15 heteroatoms. The summed E-state index contributed by atoms with van der Waals surface area (Å²) < 4.78 is 7.03. The molecule has 5 N–H and O–H groups in total. The van der Waals surface area contributed by atoms with Gasteiger partial charge < -0.3 is 34.9 Å². The lowest BCUT2D eigenvalue weighted by Gasteiger charge is -2.48. The number of nitrogens with one attached hydrogen (secondary N) is 4. The Morgan fingerprint density at radius 1 is 1.05 bits per heavy atom. The molecule has 1 atom stereocenters. The maximum absolute atomic E-state index is 12.9. The molecule has 0 aliphatic carbocycles. The Labute approximate surface area is 330 Å². The van der Waals surface area contributed by atoms with E-state index in [-0.39, 0.29) is 30.0 Å². The molecule has 4 aliphatic rings. The SMILES string of the molecule is COc1ccc(C#CCNC2(C)CCN(C3CCN(C4(C(=O)O)N=Cc5cc(-c6cn(C)c(=O)c7[nH]ccc67)ccc5N4)CC3)CC2)cc1N1CCC(=O)NC1=O. The largest absolute Gasteiger partial charge is 0.495 e. The number of carboxylic acids is 1. The Hall–Kier alpha value is -5.95. The number of imide groups is 1. The number of carboxylic acid groups (broad SMARTS) is 1. The summed E-state index contributed by atoms with van der Waals surface area (Å²) in [4.78, 5) is 63.3. The highest BCUT2D eigenvalue weighted by Gasteiger charge is 2.48. The van der Waals surface area contributed by atoms with Crippen LogP contribution in [0.1, 0.15) is 50.2 Å². The molecule has 4 aliphatic heterocycles. The number of aliphatic carboxylic acids is 1. The van der Waals surface area contributed by atoms with Crippen LogP contribution in [0.5, 0.6) is 5.75 Å². The van der Waals surface area contributed by atoms with Crippen LogP contribution in [0.15, 0.2) is 64.6 Å². The first-order valence-electron chi connectivity index (χ1n) is 19.4. The lowest BCUT2D eigenvalue weighted by Crippen LogP contribution is -2.63. The van der Waals surface area contributed by atoms with Gasteiger partial charge in [-0.2, -0.15) is 0 Å². The summed E-state index contributed by atoms with van der Waals surface area (Å²) in [6, 6.07) is 13.0. The number of urea groups is 1. The second kappa shape index (κ2) is 15.2. The van der Waals surface area contributed by atoms with E-state index < -0.39 is 17.8 Å². The van der Waals surface area contributed by atoms with Crippen LogP contribution >= 0.6 is 0 Å². The summed E-state index contributed by atoms with van der Waals surface area (Å²) in [6.45, 7) is 6.08. The standard InChI is InChI=1S/C42H47N9O6/c1-41(44-16-4-5-27-6-9-35(57-3)34(23-27)51-20-13-36(52)46-40(51)56)14-21-49(22-15-41)30-11-18-50(19-12-30)42(39(54)55)45-25-29-24-28(7-8-33(29)47-42)32-26-48(2)38(53)37-31(32)10-17-43-37/h6-10,17,23-26,30,43-44,47H,11-16,18-22H2,1-3H3,(H,54,55)(H,46,52,56). The van der Waals surface area contributed by atoms with Gasteiger partial charge in [0.1, 0.15) is 11.3 Å². The highest BCUT2D eigenvalue weighted by atomic mass is 16.5. The van der Waals surface area contributed by atoms with E-state index in [4.69, 9.17) is 4.74 Å². The minimum atomic E-state index is -1.59. The van der Waals surface area contributed by atoms with Crippen LogP contribution < -0.4 is 31.1 Å². The number of aliphatic imine (C=N–C) groups is 1. The second-order valence-corrected chi connectivity index (χ2v) is 15.5. The fraction of sp³-hybridized carbons (Fsp3) is 0.405. The third-order valence-corrected chi connectivity index (χ3v) is 12.0. The molecule has 15 nitrogen and oxygen atoms in total. The van der Waals surface area contributed by atoms with Crippen LogP contribution in [0.2, 0.25) is 0 Å². The van der Waals surface area contributed by atoms with E-state index in [2.05, 4.69) is 49.6 Å². The molecule has 8 rings (SSSR count). The summed E-state index contributed by atoms with van der Waals surface area (Å²) >= 11 is 0. The highest BCUT2D eigenvalue weighted by Crippen LogP contribution is 2.36. The third-order valence-electron chi connectivity index (χ3n) is 12.0. The molecule has 296 valence electrons. The Kier molecular flexibility index (Phi) is 10.1. The molecule has 3 amide bonds. The van der Waals surface area contributed by atoms with Crippen molar-refractivity contribution in [1.29, 1.82) is 0 Å². The fourth-order valence-electron chi connectivity index (χ4n) is 8.53. The van der Waals surface area contributed by atoms with Crippen LogP contribution in [0.25, 0.3) is 22.0 Å². The van der Waals surface area contributed by atoms with Crippen molar-refractivity contribution < 1.29 is 24.2 Å². The second-order valence-electron chi connectivity index (χ2n) is 15.5. The number of benzene rings is 2. The summed E-state index contributed by atoms with van der Waals surface area (Å²) in [6.07, 6.45) is 9.06. The molecule has 0 radical (unpaired) electrons. The number of aromatic nitrogens is 2. The number of aryl methyl sites for hydroxylation is 1. The monoisotopic (exact) mass is 773 g/mol. The number of pyridine rings is 1. The number of hydrogen-bond acceptors (Lipinski definition) is 10. The number of carbonyl (C=O) groups excluding carboxylic acids is 2. The Morgan fingerprint density at radius 3 is 2.58 bits per heavy atom. The number of rotatable bonds is 8. The zero-order valence-corrected chi connectivity index (χ0v) is 32.4. The smallest absolute Gasteiger partial charge is 0.369 e. The number of nitrogens with zero attached hydrogens (tertiary/aromatic N) is 5. The third kappa shape index (κ3) is 7.27. The molecule has 2 aromatic heterocycles. The van der Waals surface area contributed by atoms with Gasteiger partial charge >= 0.3 is 12.0 Å². The van der Waals surface area contributed by atoms with Crippen molar-refractivity contribution in [2.45, 2.75) is 56.4 Å². The average Bonchev–Trinajstić information content (AvgIpc) is 3.71. The molecule has 3 saturated heterocycles. The van der Waals surface area contributed by atoms with Crippen LogP contribution in [-0.4, -0.2) is 112 Å². The van der Waals surface area contributed by atoms with Crippen molar-refractivity contribution >= 4 is 46.4 Å². The molecule has 3 fully saturated rings. The van der Waals surface area contributed by atoms with Gasteiger partial charge in [0.05, 0.1) is 19.3 Å². The number of likely N-dealkylation sites (tertiary alicyclic amines) is 2. The van der Waals surface area contributed by atoms with Crippen molar-refractivity contribution in [3.8, 4) is 28.7 Å². The Morgan fingerprint density at radius 2 is 1.84 bits per heavy atom.